The van der Waals surface area contributed by atoms with Crippen molar-refractivity contribution in [1.82, 2.24) is 0 Å². The van der Waals surface area contributed by atoms with Crippen LogP contribution < -0.4 is 4.90 Å². The molecule has 0 fully saturated rings. The number of anilines is 1. The van der Waals surface area contributed by atoms with Gasteiger partial charge in [-0.2, -0.15) is 0 Å². The SMILES string of the molecule is O=C(O)CCCN1CCCc2ccccc21. The molecule has 0 spiro atoms. The molecule has 86 valence electrons. The molecule has 2 rings (SSSR count). The summed E-state index contributed by atoms with van der Waals surface area (Å²) in [6.45, 7) is 1.90. The Bertz CT molecular complexity index is 376. The highest BCUT2D eigenvalue weighted by Gasteiger charge is 2.15. The van der Waals surface area contributed by atoms with E-state index in [2.05, 4.69) is 23.1 Å². The first-order chi connectivity index (χ1) is 7.77. The highest BCUT2D eigenvalue weighted by Crippen LogP contribution is 2.26. The number of carboxylic acids is 1. The zero-order valence-corrected chi connectivity index (χ0v) is 9.35. The summed E-state index contributed by atoms with van der Waals surface area (Å²) in [5.41, 5.74) is 2.68. The highest BCUT2D eigenvalue weighted by molar-refractivity contribution is 5.66. The fourth-order valence-corrected chi connectivity index (χ4v) is 2.26. The zero-order valence-electron chi connectivity index (χ0n) is 9.35. The van der Waals surface area contributed by atoms with E-state index in [0.29, 0.717) is 0 Å². The summed E-state index contributed by atoms with van der Waals surface area (Å²) >= 11 is 0. The number of fused-ring (bicyclic) bond motifs is 1. The molecule has 1 aliphatic rings. The molecular weight excluding hydrogens is 202 g/mol. The zero-order chi connectivity index (χ0) is 11.4. The van der Waals surface area contributed by atoms with Crippen LogP contribution >= 0.6 is 0 Å². The van der Waals surface area contributed by atoms with Crippen molar-refractivity contribution in [2.24, 2.45) is 0 Å². The van der Waals surface area contributed by atoms with E-state index < -0.39 is 5.97 Å². The first-order valence-electron chi connectivity index (χ1n) is 5.82. The summed E-state index contributed by atoms with van der Waals surface area (Å²) in [4.78, 5) is 12.8. The number of benzene rings is 1. The number of nitrogens with zero attached hydrogens (tertiary/aromatic N) is 1. The molecule has 1 heterocycles. The third kappa shape index (κ3) is 2.54. The van der Waals surface area contributed by atoms with Crippen LogP contribution in [-0.2, 0) is 11.2 Å². The molecule has 0 aliphatic carbocycles. The Balaban J connectivity index is 1.99. The maximum atomic E-state index is 10.5. The minimum atomic E-state index is -0.703. The Morgan fingerprint density at radius 2 is 2.19 bits per heavy atom. The van der Waals surface area contributed by atoms with E-state index in [4.69, 9.17) is 5.11 Å². The molecule has 1 aliphatic heterocycles. The van der Waals surface area contributed by atoms with Crippen molar-refractivity contribution in [3.8, 4) is 0 Å². The van der Waals surface area contributed by atoms with Crippen LogP contribution in [0.5, 0.6) is 0 Å². The van der Waals surface area contributed by atoms with Gasteiger partial charge in [-0.15, -0.1) is 0 Å². The number of rotatable bonds is 4. The van der Waals surface area contributed by atoms with Gasteiger partial charge in [0.05, 0.1) is 0 Å². The van der Waals surface area contributed by atoms with Crippen molar-refractivity contribution >= 4 is 11.7 Å². The number of aryl methyl sites for hydroxylation is 1. The largest absolute Gasteiger partial charge is 0.481 e. The molecule has 1 aromatic rings. The Labute approximate surface area is 95.7 Å². The van der Waals surface area contributed by atoms with Crippen LogP contribution in [0.3, 0.4) is 0 Å². The lowest BCUT2D eigenvalue weighted by atomic mass is 10.0. The third-order valence-electron chi connectivity index (χ3n) is 3.03. The number of aliphatic carboxylic acids is 1. The maximum absolute atomic E-state index is 10.5. The molecule has 0 unspecified atom stereocenters. The average molecular weight is 219 g/mol. The lowest BCUT2D eigenvalue weighted by molar-refractivity contribution is -0.137. The number of hydrogen-bond acceptors (Lipinski definition) is 2. The fraction of sp³-hybridized carbons (Fsp3) is 0.462. The molecule has 0 aromatic heterocycles. The normalized spacial score (nSPS) is 14.6. The van der Waals surface area contributed by atoms with Crippen molar-refractivity contribution in [1.29, 1.82) is 0 Å². The molecule has 0 saturated heterocycles. The number of hydrogen-bond donors (Lipinski definition) is 1. The molecule has 0 saturated carbocycles. The van der Waals surface area contributed by atoms with Crippen LogP contribution in [0, 0.1) is 0 Å². The first-order valence-corrected chi connectivity index (χ1v) is 5.82. The third-order valence-corrected chi connectivity index (χ3v) is 3.03. The number of carbonyl (C=O) groups is 1. The summed E-state index contributed by atoms with van der Waals surface area (Å²) in [6.07, 6.45) is 3.30. The lowest BCUT2D eigenvalue weighted by Gasteiger charge is -2.31. The minimum Gasteiger partial charge on any atom is -0.481 e. The van der Waals surface area contributed by atoms with Gasteiger partial charge in [0.15, 0.2) is 0 Å². The van der Waals surface area contributed by atoms with E-state index in [0.717, 1.165) is 25.9 Å². The molecule has 0 bridgehead atoms. The molecule has 16 heavy (non-hydrogen) atoms. The Kier molecular flexibility index (Phi) is 3.44. The van der Waals surface area contributed by atoms with E-state index >= 15 is 0 Å². The van der Waals surface area contributed by atoms with Gasteiger partial charge < -0.3 is 10.0 Å². The number of para-hydroxylation sites is 1. The van der Waals surface area contributed by atoms with Gasteiger partial charge in [0.25, 0.3) is 0 Å². The predicted molar refractivity (Wildman–Crippen MR) is 63.8 cm³/mol. The van der Waals surface area contributed by atoms with Crippen molar-refractivity contribution in [3.63, 3.8) is 0 Å². The lowest BCUT2D eigenvalue weighted by Crippen LogP contribution is -2.30. The standard InChI is InChI=1S/C13H17NO2/c15-13(16)8-4-10-14-9-3-6-11-5-1-2-7-12(11)14/h1-2,5,7H,3-4,6,8-10H2,(H,15,16). The summed E-state index contributed by atoms with van der Waals surface area (Å²) in [5, 5.41) is 8.62. The van der Waals surface area contributed by atoms with Crippen molar-refractivity contribution < 1.29 is 9.90 Å². The Morgan fingerprint density at radius 3 is 3.00 bits per heavy atom. The molecule has 1 N–H and O–H groups in total. The fourth-order valence-electron chi connectivity index (χ4n) is 2.26. The van der Waals surface area contributed by atoms with Crippen LogP contribution in [0.25, 0.3) is 0 Å². The van der Waals surface area contributed by atoms with Crippen LogP contribution in [0.15, 0.2) is 24.3 Å². The molecule has 0 radical (unpaired) electrons. The smallest absolute Gasteiger partial charge is 0.303 e. The highest BCUT2D eigenvalue weighted by atomic mass is 16.4. The molecule has 0 atom stereocenters. The van der Waals surface area contributed by atoms with Gasteiger partial charge in [0.1, 0.15) is 0 Å². The topological polar surface area (TPSA) is 40.5 Å². The Hall–Kier alpha value is -1.51. The van der Waals surface area contributed by atoms with Crippen LogP contribution in [0.2, 0.25) is 0 Å². The van der Waals surface area contributed by atoms with E-state index in [1.54, 1.807) is 0 Å². The summed E-state index contributed by atoms with van der Waals surface area (Å²) in [5.74, 6) is -0.703. The first kappa shape index (κ1) is 11.0. The van der Waals surface area contributed by atoms with Crippen molar-refractivity contribution in [2.75, 3.05) is 18.0 Å². The van der Waals surface area contributed by atoms with E-state index in [1.165, 1.54) is 17.7 Å². The van der Waals surface area contributed by atoms with Gasteiger partial charge in [-0.1, -0.05) is 18.2 Å². The van der Waals surface area contributed by atoms with E-state index in [9.17, 15) is 4.79 Å². The quantitative estimate of drug-likeness (QED) is 0.844. The van der Waals surface area contributed by atoms with Gasteiger partial charge in [-0.05, 0) is 30.9 Å². The van der Waals surface area contributed by atoms with Crippen molar-refractivity contribution in [2.45, 2.75) is 25.7 Å². The summed E-state index contributed by atoms with van der Waals surface area (Å²) in [7, 11) is 0. The second-order valence-corrected chi connectivity index (χ2v) is 4.22. The van der Waals surface area contributed by atoms with Crippen LogP contribution in [-0.4, -0.2) is 24.2 Å². The molecule has 3 nitrogen and oxygen atoms in total. The average Bonchev–Trinajstić information content (AvgIpc) is 2.29. The van der Waals surface area contributed by atoms with Gasteiger partial charge in [0.2, 0.25) is 0 Å². The minimum absolute atomic E-state index is 0.263. The van der Waals surface area contributed by atoms with Crippen LogP contribution in [0.4, 0.5) is 5.69 Å². The van der Waals surface area contributed by atoms with Gasteiger partial charge >= 0.3 is 5.97 Å². The predicted octanol–water partition coefficient (Wildman–Crippen LogP) is 2.30. The second-order valence-electron chi connectivity index (χ2n) is 4.22. The maximum Gasteiger partial charge on any atom is 0.303 e. The van der Waals surface area contributed by atoms with Gasteiger partial charge in [-0.3, -0.25) is 4.79 Å². The molecule has 1 aromatic carbocycles. The monoisotopic (exact) mass is 219 g/mol. The second kappa shape index (κ2) is 5.01. The number of carboxylic acid groups (broad SMARTS) is 1. The molecule has 3 heteroatoms. The molecule has 0 amide bonds. The van der Waals surface area contributed by atoms with Crippen molar-refractivity contribution in [3.05, 3.63) is 29.8 Å². The van der Waals surface area contributed by atoms with Crippen LogP contribution in [0.1, 0.15) is 24.8 Å². The van der Waals surface area contributed by atoms with E-state index in [1.807, 2.05) is 6.07 Å². The van der Waals surface area contributed by atoms with E-state index in [-0.39, 0.29) is 6.42 Å². The summed E-state index contributed by atoms with van der Waals surface area (Å²) < 4.78 is 0. The van der Waals surface area contributed by atoms with Gasteiger partial charge in [-0.25, -0.2) is 0 Å². The summed E-state index contributed by atoms with van der Waals surface area (Å²) in [6, 6.07) is 8.42. The Morgan fingerprint density at radius 1 is 1.38 bits per heavy atom. The van der Waals surface area contributed by atoms with Gasteiger partial charge in [0, 0.05) is 25.2 Å². The molecular formula is C13H17NO2.